The molecule has 0 radical (unpaired) electrons. The van der Waals surface area contributed by atoms with Crippen molar-refractivity contribution in [2.45, 2.75) is 12.3 Å². The molecule has 1 aliphatic rings. The van der Waals surface area contributed by atoms with E-state index in [4.69, 9.17) is 0 Å². The van der Waals surface area contributed by atoms with Gasteiger partial charge < -0.3 is 9.47 Å². The van der Waals surface area contributed by atoms with E-state index in [2.05, 4.69) is 274 Å². The van der Waals surface area contributed by atoms with Gasteiger partial charge in [0.05, 0.1) is 16.4 Å². The number of fused-ring (bicyclic) bond motifs is 6. The third kappa shape index (κ3) is 6.70. The van der Waals surface area contributed by atoms with Gasteiger partial charge in [-0.2, -0.15) is 0 Å². The number of nitrogens with zero attached hydrogens (tertiary/aromatic N) is 2. The summed E-state index contributed by atoms with van der Waals surface area (Å²) in [5, 5.41) is 2.50. The molecule has 69 heavy (non-hydrogen) atoms. The Balaban J connectivity index is 1.03. The van der Waals surface area contributed by atoms with Crippen LogP contribution < -0.4 is 32.2 Å². The molecule has 322 valence electrons. The summed E-state index contributed by atoms with van der Waals surface area (Å²) in [6.07, 6.45) is 0. The van der Waals surface area contributed by atoms with Crippen molar-refractivity contribution in [1.29, 1.82) is 0 Å². The van der Waals surface area contributed by atoms with Crippen molar-refractivity contribution in [3.8, 4) is 39.1 Å². The van der Waals surface area contributed by atoms with Crippen LogP contribution in [0, 0.1) is 6.92 Å². The van der Waals surface area contributed by atoms with E-state index in [0.29, 0.717) is 0 Å². The SMILES string of the molecule is Bc1c(B)c(B)c(-c2ccc(N(c3ccc(-c4ccc5c(c4)c4ccccc4n5-c4ccccc4)cc3)c3ccc4c(c3)C(c3ccccc3)(c3ccc(C)cc3)c3ccccc3-4)cc2)c(B)c1B. The maximum absolute atomic E-state index is 2.47. The first-order valence-corrected chi connectivity index (χ1v) is 24.3. The zero-order valence-electron chi connectivity index (χ0n) is 40.2. The standard InChI is InChI=1S/C62H49B5N2/c1-38-20-27-43(28-21-38)62(42-12-4-2-5-13-42)52-18-10-8-16-48(52)49-34-33-47(37-53(49)62)68(46-31-24-40(25-32-46)56-57(63)59(65)61(67)60(66)58(56)64)45-29-22-39(23-30-45)41-26-35-55-51(36-41)50-17-9-11-19-54(50)69(55)44-14-6-3-7-15-44/h2-37H,63-67H2,1H3. The highest BCUT2D eigenvalue weighted by Crippen LogP contribution is 2.57. The van der Waals surface area contributed by atoms with Gasteiger partial charge in [-0.05, 0) is 129 Å². The van der Waals surface area contributed by atoms with E-state index in [1.807, 2.05) is 0 Å². The third-order valence-electron chi connectivity index (χ3n) is 15.5. The normalized spacial score (nSPS) is 13.9. The third-order valence-corrected chi connectivity index (χ3v) is 15.5. The van der Waals surface area contributed by atoms with Crippen LogP contribution in [0.5, 0.6) is 0 Å². The second-order valence-electron chi connectivity index (χ2n) is 19.1. The van der Waals surface area contributed by atoms with Crippen molar-refractivity contribution < 1.29 is 0 Å². The minimum atomic E-state index is -0.519. The molecule has 1 aliphatic carbocycles. The highest BCUT2D eigenvalue weighted by molar-refractivity contribution is 6.68. The molecule has 0 saturated heterocycles. The Morgan fingerprint density at radius 1 is 0.377 bits per heavy atom. The molecule has 0 fully saturated rings. The Morgan fingerprint density at radius 2 is 0.899 bits per heavy atom. The molecule has 1 unspecified atom stereocenters. The molecule has 0 N–H and O–H groups in total. The van der Waals surface area contributed by atoms with E-state index in [1.165, 1.54) is 116 Å². The lowest BCUT2D eigenvalue weighted by Gasteiger charge is -2.35. The van der Waals surface area contributed by atoms with Crippen LogP contribution in [-0.2, 0) is 5.41 Å². The molecule has 2 nitrogen and oxygen atoms in total. The maximum atomic E-state index is 2.47. The molecule has 0 amide bonds. The van der Waals surface area contributed by atoms with Gasteiger partial charge in [0.1, 0.15) is 39.2 Å². The fourth-order valence-corrected chi connectivity index (χ4v) is 11.7. The van der Waals surface area contributed by atoms with E-state index >= 15 is 0 Å². The van der Waals surface area contributed by atoms with Crippen molar-refractivity contribution in [3.05, 3.63) is 246 Å². The first-order chi connectivity index (χ1) is 33.7. The molecular formula is C62H49B5N2. The Kier molecular flexibility index (Phi) is 10.3. The lowest BCUT2D eigenvalue weighted by atomic mass is 9.60. The quantitative estimate of drug-likeness (QED) is 0.143. The number of hydrogen-bond acceptors (Lipinski definition) is 1. The van der Waals surface area contributed by atoms with Gasteiger partial charge in [-0.25, -0.2) is 0 Å². The number of rotatable bonds is 8. The minimum absolute atomic E-state index is 0.519. The van der Waals surface area contributed by atoms with Crippen LogP contribution in [0.4, 0.5) is 17.1 Å². The monoisotopic (exact) mass is 876 g/mol. The number of para-hydroxylation sites is 2. The van der Waals surface area contributed by atoms with Crippen LogP contribution in [-0.4, -0.2) is 43.8 Å². The molecule has 0 aliphatic heterocycles. The zero-order chi connectivity index (χ0) is 47.0. The Hall–Kier alpha value is -7.88. The van der Waals surface area contributed by atoms with Gasteiger partial charge in [-0.15, -0.1) is 16.4 Å². The summed E-state index contributed by atoms with van der Waals surface area (Å²) in [5.41, 5.74) is 27.1. The molecule has 0 saturated carbocycles. The second-order valence-corrected chi connectivity index (χ2v) is 19.1. The maximum Gasteiger partial charge on any atom is 0.139 e. The van der Waals surface area contributed by atoms with Crippen LogP contribution in [0.25, 0.3) is 60.9 Å². The van der Waals surface area contributed by atoms with Crippen LogP contribution in [0.15, 0.2) is 218 Å². The van der Waals surface area contributed by atoms with Gasteiger partial charge in [0.2, 0.25) is 0 Å². The Morgan fingerprint density at radius 3 is 1.59 bits per heavy atom. The fourth-order valence-electron chi connectivity index (χ4n) is 11.7. The predicted molar refractivity (Wildman–Crippen MR) is 309 cm³/mol. The van der Waals surface area contributed by atoms with E-state index in [1.54, 1.807) is 0 Å². The van der Waals surface area contributed by atoms with Gasteiger partial charge in [-0.3, -0.25) is 0 Å². The molecule has 0 spiro atoms. The number of aromatic nitrogens is 1. The average Bonchev–Trinajstić information content (AvgIpc) is 3.89. The first kappa shape index (κ1) is 42.5. The molecule has 7 heteroatoms. The molecule has 1 aromatic heterocycles. The molecule has 11 aromatic rings. The molecule has 1 atom stereocenters. The molecular weight excluding hydrogens is 827 g/mol. The van der Waals surface area contributed by atoms with Gasteiger partial charge in [0, 0.05) is 33.5 Å². The smallest absolute Gasteiger partial charge is 0.139 e. The Bertz CT molecular complexity index is 3740. The predicted octanol–water partition coefficient (Wildman–Crippen LogP) is 7.55. The summed E-state index contributed by atoms with van der Waals surface area (Å²) in [6, 6.07) is 81.3. The van der Waals surface area contributed by atoms with Crippen LogP contribution in [0.3, 0.4) is 0 Å². The molecule has 1 heterocycles. The second kappa shape index (κ2) is 16.7. The lowest BCUT2D eigenvalue weighted by Crippen LogP contribution is -2.55. The average molecular weight is 876 g/mol. The fraction of sp³-hybridized carbons (Fsp3) is 0.0323. The first-order valence-electron chi connectivity index (χ1n) is 24.3. The van der Waals surface area contributed by atoms with Gasteiger partial charge in [0.15, 0.2) is 0 Å². The number of anilines is 3. The van der Waals surface area contributed by atoms with Crippen molar-refractivity contribution in [3.63, 3.8) is 0 Å². The summed E-state index contributed by atoms with van der Waals surface area (Å²) in [4.78, 5) is 2.45. The van der Waals surface area contributed by atoms with Crippen LogP contribution in [0.1, 0.15) is 27.8 Å². The summed E-state index contributed by atoms with van der Waals surface area (Å²) < 4.78 is 2.38. The van der Waals surface area contributed by atoms with Gasteiger partial charge in [-0.1, -0.05) is 168 Å². The van der Waals surface area contributed by atoms with Crippen molar-refractivity contribution in [2.24, 2.45) is 0 Å². The van der Waals surface area contributed by atoms with Crippen molar-refractivity contribution in [1.82, 2.24) is 4.57 Å². The summed E-state index contributed by atoms with van der Waals surface area (Å²) in [5.74, 6) is 0. The molecule has 0 bridgehead atoms. The highest BCUT2D eigenvalue weighted by Gasteiger charge is 2.46. The topological polar surface area (TPSA) is 8.17 Å². The summed E-state index contributed by atoms with van der Waals surface area (Å²) in [6.45, 7) is 2.18. The largest absolute Gasteiger partial charge is 0.310 e. The number of benzene rings is 10. The number of hydrogen-bond donors (Lipinski definition) is 0. The van der Waals surface area contributed by atoms with Crippen molar-refractivity contribution in [2.75, 3.05) is 4.90 Å². The number of aryl methyl sites for hydroxylation is 1. The Labute approximate surface area is 410 Å². The van der Waals surface area contributed by atoms with Crippen LogP contribution >= 0.6 is 0 Å². The van der Waals surface area contributed by atoms with Crippen LogP contribution in [0.2, 0.25) is 0 Å². The summed E-state index contributed by atoms with van der Waals surface area (Å²) in [7, 11) is 11.3. The highest BCUT2D eigenvalue weighted by atomic mass is 15.1. The van der Waals surface area contributed by atoms with E-state index < -0.39 is 5.41 Å². The summed E-state index contributed by atoms with van der Waals surface area (Å²) >= 11 is 0. The van der Waals surface area contributed by atoms with E-state index in [-0.39, 0.29) is 0 Å². The van der Waals surface area contributed by atoms with Gasteiger partial charge >= 0.3 is 0 Å². The lowest BCUT2D eigenvalue weighted by molar-refractivity contribution is 0.768. The van der Waals surface area contributed by atoms with Crippen molar-refractivity contribution >= 4 is 105 Å². The van der Waals surface area contributed by atoms with E-state index in [9.17, 15) is 0 Å². The zero-order valence-corrected chi connectivity index (χ0v) is 40.2. The van der Waals surface area contributed by atoms with E-state index in [0.717, 1.165) is 17.1 Å². The minimum Gasteiger partial charge on any atom is -0.310 e. The molecule has 12 rings (SSSR count). The van der Waals surface area contributed by atoms with Gasteiger partial charge in [0.25, 0.3) is 0 Å². The molecule has 10 aromatic carbocycles.